The number of rotatable bonds is 0. The Morgan fingerprint density at radius 1 is 0.938 bits per heavy atom. The van der Waals surface area contributed by atoms with Crippen LogP contribution in [0.4, 0.5) is 5.69 Å². The summed E-state index contributed by atoms with van der Waals surface area (Å²) in [6.07, 6.45) is 0.538. The van der Waals surface area contributed by atoms with Gasteiger partial charge < -0.3 is 16.0 Å². The van der Waals surface area contributed by atoms with E-state index in [0.717, 1.165) is 37.4 Å². The molecule has 1 aromatic carbocycles. The van der Waals surface area contributed by atoms with E-state index >= 15 is 0 Å². The van der Waals surface area contributed by atoms with Crippen molar-refractivity contribution >= 4 is 11.6 Å². The quantitative estimate of drug-likeness (QED) is 0.590. The lowest BCUT2D eigenvalue weighted by Crippen LogP contribution is -2.39. The normalized spacial score (nSPS) is 18.1. The average Bonchev–Trinajstić information content (AvgIpc) is 2.72. The van der Waals surface area contributed by atoms with Crippen LogP contribution in [0.1, 0.15) is 5.56 Å². The zero-order valence-electron chi connectivity index (χ0n) is 9.25. The molecule has 4 heteroatoms. The van der Waals surface area contributed by atoms with E-state index in [0.29, 0.717) is 6.42 Å². The van der Waals surface area contributed by atoms with Crippen LogP contribution in [0, 0.1) is 0 Å². The number of carbonyl (C=O) groups excluding carboxylic acids is 1. The molecule has 3 rings (SSSR count). The van der Waals surface area contributed by atoms with Gasteiger partial charge in [-0.05, 0) is 11.6 Å². The maximum atomic E-state index is 10.8. The highest BCUT2D eigenvalue weighted by Crippen LogP contribution is 2.20. The van der Waals surface area contributed by atoms with Gasteiger partial charge in [0.05, 0.1) is 6.42 Å². The molecule has 3 N–H and O–H groups in total. The summed E-state index contributed by atoms with van der Waals surface area (Å²) in [5.41, 5.74) is 2.07. The van der Waals surface area contributed by atoms with Crippen LogP contribution < -0.4 is 16.0 Å². The SMILES string of the molecule is C1CNCCN1.O=C1Cc2ccccc2N1. The van der Waals surface area contributed by atoms with Crippen molar-refractivity contribution in [1.29, 1.82) is 0 Å². The third-order valence-electron chi connectivity index (χ3n) is 2.60. The minimum absolute atomic E-state index is 0.0983. The lowest BCUT2D eigenvalue weighted by molar-refractivity contribution is -0.115. The number of benzene rings is 1. The lowest BCUT2D eigenvalue weighted by Gasteiger charge is -2.11. The second kappa shape index (κ2) is 5.63. The zero-order valence-corrected chi connectivity index (χ0v) is 9.25. The van der Waals surface area contributed by atoms with E-state index in [-0.39, 0.29) is 5.91 Å². The number of para-hydroxylation sites is 1. The van der Waals surface area contributed by atoms with Crippen molar-refractivity contribution in [2.45, 2.75) is 6.42 Å². The second-order valence-electron chi connectivity index (χ2n) is 3.88. The van der Waals surface area contributed by atoms with Crippen molar-refractivity contribution in [2.24, 2.45) is 0 Å². The standard InChI is InChI=1S/C8H7NO.C4H10N2/c10-8-5-6-3-1-2-4-7(6)9-8;1-2-6-4-3-5-1/h1-4H,5H2,(H,9,10);5-6H,1-4H2. The molecule has 0 unspecified atom stereocenters. The Bertz CT molecular complexity index is 323. The van der Waals surface area contributed by atoms with Crippen LogP contribution in [0.2, 0.25) is 0 Å². The van der Waals surface area contributed by atoms with Crippen LogP contribution in [0.15, 0.2) is 24.3 Å². The van der Waals surface area contributed by atoms with Gasteiger partial charge in [0.2, 0.25) is 5.91 Å². The summed E-state index contributed by atoms with van der Waals surface area (Å²) >= 11 is 0. The second-order valence-corrected chi connectivity index (χ2v) is 3.88. The van der Waals surface area contributed by atoms with Crippen molar-refractivity contribution in [3.8, 4) is 0 Å². The molecule has 0 atom stereocenters. The molecular formula is C12H17N3O. The van der Waals surface area contributed by atoms with Gasteiger partial charge in [-0.2, -0.15) is 0 Å². The summed E-state index contributed by atoms with van der Waals surface area (Å²) in [6.45, 7) is 4.56. The van der Waals surface area contributed by atoms with Crippen molar-refractivity contribution in [3.05, 3.63) is 29.8 Å². The van der Waals surface area contributed by atoms with Crippen LogP contribution in [-0.2, 0) is 11.2 Å². The highest BCUT2D eigenvalue weighted by Gasteiger charge is 2.15. The van der Waals surface area contributed by atoms with Crippen LogP contribution in [0.5, 0.6) is 0 Å². The highest BCUT2D eigenvalue weighted by atomic mass is 16.1. The third kappa shape index (κ3) is 3.05. The van der Waals surface area contributed by atoms with Crippen LogP contribution in [0.25, 0.3) is 0 Å². The number of piperazine rings is 1. The predicted molar refractivity (Wildman–Crippen MR) is 64.5 cm³/mol. The van der Waals surface area contributed by atoms with Crippen LogP contribution in [-0.4, -0.2) is 32.1 Å². The topological polar surface area (TPSA) is 53.2 Å². The zero-order chi connectivity index (χ0) is 11.2. The first kappa shape index (κ1) is 11.1. The Hall–Kier alpha value is -1.39. The number of carbonyl (C=O) groups is 1. The Morgan fingerprint density at radius 2 is 1.56 bits per heavy atom. The molecule has 1 aromatic rings. The fourth-order valence-corrected chi connectivity index (χ4v) is 1.77. The minimum atomic E-state index is 0.0983. The van der Waals surface area contributed by atoms with E-state index in [1.54, 1.807) is 0 Å². The predicted octanol–water partition coefficient (Wildman–Crippen LogP) is 0.360. The van der Waals surface area contributed by atoms with Gasteiger partial charge in [0.1, 0.15) is 0 Å². The van der Waals surface area contributed by atoms with Crippen molar-refractivity contribution < 1.29 is 4.79 Å². The van der Waals surface area contributed by atoms with E-state index in [9.17, 15) is 4.79 Å². The van der Waals surface area contributed by atoms with E-state index in [1.165, 1.54) is 0 Å². The van der Waals surface area contributed by atoms with Gasteiger partial charge in [0, 0.05) is 31.9 Å². The summed E-state index contributed by atoms with van der Waals surface area (Å²) < 4.78 is 0. The molecule has 1 amide bonds. The summed E-state index contributed by atoms with van der Waals surface area (Å²) in [5.74, 6) is 0.0983. The maximum Gasteiger partial charge on any atom is 0.228 e. The van der Waals surface area contributed by atoms with E-state index in [4.69, 9.17) is 0 Å². The molecule has 1 saturated heterocycles. The highest BCUT2D eigenvalue weighted by molar-refractivity contribution is 5.98. The fourth-order valence-electron chi connectivity index (χ4n) is 1.77. The van der Waals surface area contributed by atoms with Gasteiger partial charge in [-0.15, -0.1) is 0 Å². The fraction of sp³-hybridized carbons (Fsp3) is 0.417. The van der Waals surface area contributed by atoms with Gasteiger partial charge in [-0.1, -0.05) is 18.2 Å². The molecule has 4 nitrogen and oxygen atoms in total. The van der Waals surface area contributed by atoms with Crippen molar-refractivity contribution in [2.75, 3.05) is 31.5 Å². The van der Waals surface area contributed by atoms with E-state index < -0.39 is 0 Å². The number of hydrogen-bond acceptors (Lipinski definition) is 3. The Balaban J connectivity index is 0.000000138. The number of nitrogens with one attached hydrogen (secondary N) is 3. The summed E-state index contributed by atoms with van der Waals surface area (Å²) in [4.78, 5) is 10.8. The summed E-state index contributed by atoms with van der Waals surface area (Å²) in [5, 5.41) is 9.20. The molecule has 2 aliphatic rings. The Kier molecular flexibility index (Phi) is 3.91. The molecule has 0 spiro atoms. The monoisotopic (exact) mass is 219 g/mol. The third-order valence-corrected chi connectivity index (χ3v) is 2.60. The van der Waals surface area contributed by atoms with Gasteiger partial charge in [0.25, 0.3) is 0 Å². The molecule has 16 heavy (non-hydrogen) atoms. The number of hydrogen-bond donors (Lipinski definition) is 3. The largest absolute Gasteiger partial charge is 0.326 e. The molecule has 0 saturated carbocycles. The first-order chi connectivity index (χ1) is 7.86. The summed E-state index contributed by atoms with van der Waals surface area (Å²) in [6, 6.07) is 7.75. The number of amides is 1. The molecule has 0 bridgehead atoms. The van der Waals surface area contributed by atoms with E-state index in [1.807, 2.05) is 24.3 Å². The van der Waals surface area contributed by atoms with Crippen molar-refractivity contribution in [3.63, 3.8) is 0 Å². The first-order valence-electron chi connectivity index (χ1n) is 5.65. The van der Waals surface area contributed by atoms with E-state index in [2.05, 4.69) is 16.0 Å². The molecular weight excluding hydrogens is 202 g/mol. The summed E-state index contributed by atoms with van der Waals surface area (Å²) in [7, 11) is 0. The molecule has 86 valence electrons. The molecule has 1 fully saturated rings. The minimum Gasteiger partial charge on any atom is -0.326 e. The maximum absolute atomic E-state index is 10.8. The average molecular weight is 219 g/mol. The van der Waals surface area contributed by atoms with Gasteiger partial charge >= 0.3 is 0 Å². The van der Waals surface area contributed by atoms with Crippen molar-refractivity contribution in [1.82, 2.24) is 10.6 Å². The Labute approximate surface area is 95.4 Å². The van der Waals surface area contributed by atoms with Crippen LogP contribution in [0.3, 0.4) is 0 Å². The lowest BCUT2D eigenvalue weighted by atomic mass is 10.2. The Morgan fingerprint density at radius 3 is 2.12 bits per heavy atom. The molecule has 2 heterocycles. The number of fused-ring (bicyclic) bond motifs is 1. The van der Waals surface area contributed by atoms with Gasteiger partial charge in [-0.3, -0.25) is 4.79 Å². The smallest absolute Gasteiger partial charge is 0.228 e. The van der Waals surface area contributed by atoms with Crippen LogP contribution >= 0.6 is 0 Å². The molecule has 0 aliphatic carbocycles. The molecule has 0 aromatic heterocycles. The number of anilines is 1. The van der Waals surface area contributed by atoms with Gasteiger partial charge in [-0.25, -0.2) is 0 Å². The molecule has 2 aliphatic heterocycles. The first-order valence-corrected chi connectivity index (χ1v) is 5.65. The molecule has 0 radical (unpaired) electrons. The van der Waals surface area contributed by atoms with Gasteiger partial charge in [0.15, 0.2) is 0 Å².